The molecule has 0 unspecified atom stereocenters. The molecule has 1 aliphatic heterocycles. The van der Waals surface area contributed by atoms with Crippen LogP contribution in [-0.4, -0.2) is 41.5 Å². The molecule has 98 valence electrons. The average Bonchev–Trinajstić information content (AvgIpc) is 2.28. The van der Waals surface area contributed by atoms with E-state index in [1.54, 1.807) is 4.90 Å². The second-order valence-corrected chi connectivity index (χ2v) is 5.33. The van der Waals surface area contributed by atoms with Crippen LogP contribution in [0.5, 0.6) is 0 Å². The second-order valence-electron chi connectivity index (χ2n) is 5.33. The van der Waals surface area contributed by atoms with Gasteiger partial charge in [0.15, 0.2) is 0 Å². The van der Waals surface area contributed by atoms with Gasteiger partial charge < -0.3 is 15.7 Å². The van der Waals surface area contributed by atoms with Crippen LogP contribution in [0.2, 0.25) is 0 Å². The van der Waals surface area contributed by atoms with Crippen LogP contribution in [0, 0.1) is 11.3 Å². The van der Waals surface area contributed by atoms with Gasteiger partial charge in [0.2, 0.25) is 5.91 Å². The first-order valence-corrected chi connectivity index (χ1v) is 6.10. The van der Waals surface area contributed by atoms with Gasteiger partial charge in [-0.2, -0.15) is 0 Å². The van der Waals surface area contributed by atoms with Gasteiger partial charge in [0.1, 0.15) is 0 Å². The Bertz CT molecular complexity index is 294. The minimum Gasteiger partial charge on any atom is -0.481 e. The molecule has 0 spiro atoms. The fourth-order valence-electron chi connectivity index (χ4n) is 2.23. The van der Waals surface area contributed by atoms with Crippen molar-refractivity contribution in [3.63, 3.8) is 0 Å². The van der Waals surface area contributed by atoms with Crippen molar-refractivity contribution in [1.29, 1.82) is 0 Å². The summed E-state index contributed by atoms with van der Waals surface area (Å²) in [6.07, 6.45) is 1.77. The Labute approximate surface area is 102 Å². The van der Waals surface area contributed by atoms with Gasteiger partial charge in [-0.1, -0.05) is 13.8 Å². The van der Waals surface area contributed by atoms with Crippen molar-refractivity contribution in [2.24, 2.45) is 17.1 Å². The van der Waals surface area contributed by atoms with E-state index < -0.39 is 11.4 Å². The third kappa shape index (κ3) is 3.43. The van der Waals surface area contributed by atoms with Gasteiger partial charge in [-0.25, -0.2) is 0 Å². The summed E-state index contributed by atoms with van der Waals surface area (Å²) < 4.78 is 0. The van der Waals surface area contributed by atoms with E-state index in [-0.39, 0.29) is 11.8 Å². The lowest BCUT2D eigenvalue weighted by Gasteiger charge is -2.35. The summed E-state index contributed by atoms with van der Waals surface area (Å²) in [7, 11) is 0. The minimum atomic E-state index is -0.752. The van der Waals surface area contributed by atoms with Crippen LogP contribution in [0.1, 0.15) is 33.1 Å². The van der Waals surface area contributed by atoms with Crippen molar-refractivity contribution < 1.29 is 14.7 Å². The number of rotatable bonds is 4. The van der Waals surface area contributed by atoms with Crippen molar-refractivity contribution >= 4 is 11.9 Å². The zero-order valence-electron chi connectivity index (χ0n) is 10.6. The summed E-state index contributed by atoms with van der Waals surface area (Å²) in [6.45, 7) is 5.37. The largest absolute Gasteiger partial charge is 0.481 e. The van der Waals surface area contributed by atoms with E-state index in [2.05, 4.69) is 0 Å². The Morgan fingerprint density at radius 2 is 1.88 bits per heavy atom. The summed E-state index contributed by atoms with van der Waals surface area (Å²) >= 11 is 0. The van der Waals surface area contributed by atoms with Crippen molar-refractivity contribution in [2.45, 2.75) is 33.1 Å². The highest BCUT2D eigenvalue weighted by Crippen LogP contribution is 2.26. The molecule has 1 aliphatic rings. The van der Waals surface area contributed by atoms with Gasteiger partial charge in [-0.15, -0.1) is 0 Å². The fourth-order valence-corrected chi connectivity index (χ4v) is 2.23. The number of carboxylic acid groups (broad SMARTS) is 1. The van der Waals surface area contributed by atoms with E-state index in [1.807, 2.05) is 13.8 Å². The van der Waals surface area contributed by atoms with Crippen LogP contribution < -0.4 is 5.73 Å². The van der Waals surface area contributed by atoms with Gasteiger partial charge in [0, 0.05) is 18.5 Å². The molecule has 0 aromatic heterocycles. The number of piperidine rings is 1. The maximum absolute atomic E-state index is 12.2. The quantitative estimate of drug-likeness (QED) is 0.759. The summed E-state index contributed by atoms with van der Waals surface area (Å²) in [6, 6.07) is 0. The molecule has 1 rings (SSSR count). The average molecular weight is 242 g/mol. The summed E-state index contributed by atoms with van der Waals surface area (Å²) in [4.78, 5) is 24.8. The molecule has 5 heteroatoms. The van der Waals surface area contributed by atoms with E-state index in [9.17, 15) is 9.59 Å². The van der Waals surface area contributed by atoms with Crippen molar-refractivity contribution in [2.75, 3.05) is 19.6 Å². The van der Waals surface area contributed by atoms with Crippen LogP contribution in [0.3, 0.4) is 0 Å². The van der Waals surface area contributed by atoms with Gasteiger partial charge in [-0.05, 0) is 25.8 Å². The molecule has 1 saturated heterocycles. The number of hydrogen-bond donors (Lipinski definition) is 2. The smallest absolute Gasteiger partial charge is 0.306 e. The SMILES string of the molecule is CC(C)(CCN)C(=O)N1CCC(C(=O)O)CC1. The second kappa shape index (κ2) is 5.49. The molecular formula is C12H22N2O3. The Hall–Kier alpha value is -1.10. The van der Waals surface area contributed by atoms with E-state index in [4.69, 9.17) is 10.8 Å². The number of amides is 1. The van der Waals surface area contributed by atoms with Crippen LogP contribution in [0.25, 0.3) is 0 Å². The highest BCUT2D eigenvalue weighted by Gasteiger charge is 2.34. The first kappa shape index (κ1) is 14.0. The number of carbonyl (C=O) groups is 2. The minimum absolute atomic E-state index is 0.0896. The predicted octanol–water partition coefficient (Wildman–Crippen LogP) is 0.685. The van der Waals surface area contributed by atoms with Gasteiger partial charge in [0.05, 0.1) is 5.92 Å². The number of carboxylic acids is 1. The predicted molar refractivity (Wildman–Crippen MR) is 64.4 cm³/mol. The van der Waals surface area contributed by atoms with E-state index >= 15 is 0 Å². The van der Waals surface area contributed by atoms with Crippen LogP contribution in [0.4, 0.5) is 0 Å². The molecule has 0 bridgehead atoms. The van der Waals surface area contributed by atoms with E-state index in [1.165, 1.54) is 0 Å². The Morgan fingerprint density at radius 1 is 1.35 bits per heavy atom. The highest BCUT2D eigenvalue weighted by molar-refractivity contribution is 5.82. The van der Waals surface area contributed by atoms with Crippen molar-refractivity contribution in [3.8, 4) is 0 Å². The van der Waals surface area contributed by atoms with Crippen LogP contribution in [0.15, 0.2) is 0 Å². The molecule has 17 heavy (non-hydrogen) atoms. The first-order chi connectivity index (χ1) is 7.88. The molecule has 1 amide bonds. The normalized spacial score (nSPS) is 18.2. The lowest BCUT2D eigenvalue weighted by Crippen LogP contribution is -2.46. The standard InChI is InChI=1S/C12H22N2O3/c1-12(2,5-6-13)11(17)14-7-3-9(4-8-14)10(15)16/h9H,3-8,13H2,1-2H3,(H,15,16). The molecule has 1 heterocycles. The maximum atomic E-state index is 12.2. The Balaban J connectivity index is 2.54. The fraction of sp³-hybridized carbons (Fsp3) is 0.833. The van der Waals surface area contributed by atoms with Gasteiger partial charge >= 0.3 is 5.97 Å². The van der Waals surface area contributed by atoms with Gasteiger partial charge in [0.25, 0.3) is 0 Å². The number of likely N-dealkylation sites (tertiary alicyclic amines) is 1. The van der Waals surface area contributed by atoms with E-state index in [0.717, 1.165) is 0 Å². The maximum Gasteiger partial charge on any atom is 0.306 e. The zero-order valence-corrected chi connectivity index (χ0v) is 10.6. The molecule has 3 N–H and O–H groups in total. The third-order valence-electron chi connectivity index (χ3n) is 3.48. The monoisotopic (exact) mass is 242 g/mol. The van der Waals surface area contributed by atoms with Gasteiger partial charge in [-0.3, -0.25) is 9.59 Å². The van der Waals surface area contributed by atoms with Crippen molar-refractivity contribution in [3.05, 3.63) is 0 Å². The van der Waals surface area contributed by atoms with Crippen molar-refractivity contribution in [1.82, 2.24) is 4.90 Å². The lowest BCUT2D eigenvalue weighted by atomic mass is 9.86. The number of nitrogens with zero attached hydrogens (tertiary/aromatic N) is 1. The summed E-state index contributed by atoms with van der Waals surface area (Å²) in [5.41, 5.74) is 5.06. The van der Waals surface area contributed by atoms with Crippen LogP contribution >= 0.6 is 0 Å². The molecule has 0 aromatic carbocycles. The Morgan fingerprint density at radius 3 is 2.29 bits per heavy atom. The molecule has 0 radical (unpaired) electrons. The number of nitrogens with two attached hydrogens (primary N) is 1. The van der Waals surface area contributed by atoms with Crippen LogP contribution in [-0.2, 0) is 9.59 Å². The number of carbonyl (C=O) groups excluding carboxylic acids is 1. The lowest BCUT2D eigenvalue weighted by molar-refractivity contribution is -0.148. The molecule has 0 atom stereocenters. The molecule has 0 aliphatic carbocycles. The highest BCUT2D eigenvalue weighted by atomic mass is 16.4. The molecular weight excluding hydrogens is 220 g/mol. The number of aliphatic carboxylic acids is 1. The Kier molecular flexibility index (Phi) is 4.51. The zero-order chi connectivity index (χ0) is 13.1. The molecule has 1 fully saturated rings. The topological polar surface area (TPSA) is 83.6 Å². The summed E-state index contributed by atoms with van der Waals surface area (Å²) in [5, 5.41) is 8.89. The molecule has 0 saturated carbocycles. The molecule has 5 nitrogen and oxygen atoms in total. The third-order valence-corrected chi connectivity index (χ3v) is 3.48. The first-order valence-electron chi connectivity index (χ1n) is 6.10. The molecule has 0 aromatic rings. The summed E-state index contributed by atoms with van der Waals surface area (Å²) in [5.74, 6) is -0.957. The van der Waals surface area contributed by atoms with E-state index in [0.29, 0.717) is 38.9 Å². The number of hydrogen-bond acceptors (Lipinski definition) is 3.